The van der Waals surface area contributed by atoms with Crippen molar-refractivity contribution >= 4 is 11.9 Å². The molecule has 0 saturated carbocycles. The van der Waals surface area contributed by atoms with E-state index in [-0.39, 0.29) is 5.82 Å². The number of carbonyl (C=O) groups excluding carboxylic acids is 1. The highest BCUT2D eigenvalue weighted by Gasteiger charge is 2.11. The van der Waals surface area contributed by atoms with Crippen molar-refractivity contribution in [3.05, 3.63) is 47.5 Å². The van der Waals surface area contributed by atoms with Crippen molar-refractivity contribution in [2.75, 3.05) is 13.6 Å². The number of likely N-dealkylation sites (N-methyl/N-ethyl adjacent to an activating group) is 1. The molecular weight excluding hydrogens is 253 g/mol. The first kappa shape index (κ1) is 14.7. The van der Waals surface area contributed by atoms with Crippen LogP contribution in [0.3, 0.4) is 0 Å². The van der Waals surface area contributed by atoms with Gasteiger partial charge >= 0.3 is 5.97 Å². The summed E-state index contributed by atoms with van der Waals surface area (Å²) in [4.78, 5) is 23.1. The zero-order chi connectivity index (χ0) is 14.4. The number of rotatable bonds is 5. The van der Waals surface area contributed by atoms with Gasteiger partial charge in [-0.05, 0) is 24.1 Å². The second-order valence-corrected chi connectivity index (χ2v) is 3.97. The van der Waals surface area contributed by atoms with Crippen molar-refractivity contribution in [2.45, 2.75) is 6.42 Å². The molecular formula is C13H14FNO4. The average molecular weight is 267 g/mol. The quantitative estimate of drug-likeness (QED) is 0.623. The predicted molar refractivity (Wildman–Crippen MR) is 66.1 cm³/mol. The molecule has 0 fully saturated rings. The molecule has 1 amide bonds. The van der Waals surface area contributed by atoms with E-state index in [0.29, 0.717) is 19.0 Å². The number of aliphatic hydroxyl groups is 1. The topological polar surface area (TPSA) is 77.8 Å². The van der Waals surface area contributed by atoms with E-state index in [1.165, 1.54) is 24.1 Å². The fraction of sp³-hybridized carbons (Fsp3) is 0.231. The van der Waals surface area contributed by atoms with E-state index in [9.17, 15) is 14.0 Å². The van der Waals surface area contributed by atoms with E-state index in [2.05, 4.69) is 0 Å². The van der Waals surface area contributed by atoms with Gasteiger partial charge in [0, 0.05) is 13.6 Å². The number of aliphatic carboxylic acids is 1. The molecule has 1 rings (SSSR count). The minimum absolute atomic E-state index is 0.327. The van der Waals surface area contributed by atoms with Crippen LogP contribution in [0, 0.1) is 5.82 Å². The van der Waals surface area contributed by atoms with Crippen molar-refractivity contribution in [2.24, 2.45) is 0 Å². The van der Waals surface area contributed by atoms with Crippen LogP contribution in [0.4, 0.5) is 4.39 Å². The first-order valence-electron chi connectivity index (χ1n) is 5.53. The van der Waals surface area contributed by atoms with Crippen LogP contribution in [0.25, 0.3) is 0 Å². The molecule has 0 aliphatic carbocycles. The number of hydrogen-bond donors (Lipinski definition) is 2. The maximum absolute atomic E-state index is 12.7. The summed E-state index contributed by atoms with van der Waals surface area (Å²) in [6.45, 7) is 0.327. The molecule has 0 radical (unpaired) electrons. The van der Waals surface area contributed by atoms with E-state index < -0.39 is 17.6 Å². The number of carboxylic acids is 1. The first-order valence-corrected chi connectivity index (χ1v) is 5.53. The Hall–Kier alpha value is -2.37. The fourth-order valence-electron chi connectivity index (χ4n) is 1.35. The third-order valence-corrected chi connectivity index (χ3v) is 2.50. The standard InChI is InChI=1S/C13H14FNO4/c1-15(12(17)8-11(16)13(18)19)7-6-9-2-4-10(14)5-3-9/h2-5,8,16H,6-7H2,1H3,(H,18,19). The lowest BCUT2D eigenvalue weighted by molar-refractivity contribution is -0.136. The first-order chi connectivity index (χ1) is 8.90. The number of benzene rings is 1. The van der Waals surface area contributed by atoms with E-state index in [1.54, 1.807) is 12.1 Å². The number of aliphatic hydroxyl groups excluding tert-OH is 1. The minimum atomic E-state index is -1.56. The molecule has 0 aliphatic rings. The summed E-state index contributed by atoms with van der Waals surface area (Å²) in [5.41, 5.74) is 0.854. The Balaban J connectivity index is 2.53. The molecule has 102 valence electrons. The molecule has 0 spiro atoms. The Morgan fingerprint density at radius 3 is 2.37 bits per heavy atom. The number of amides is 1. The summed E-state index contributed by atoms with van der Waals surface area (Å²) in [6.07, 6.45) is 1.15. The summed E-state index contributed by atoms with van der Waals surface area (Å²) in [5.74, 6) is -3.50. The fourth-order valence-corrected chi connectivity index (χ4v) is 1.35. The smallest absolute Gasteiger partial charge is 0.371 e. The van der Waals surface area contributed by atoms with Crippen LogP contribution in [-0.2, 0) is 16.0 Å². The highest BCUT2D eigenvalue weighted by atomic mass is 19.1. The van der Waals surface area contributed by atoms with Crippen molar-refractivity contribution < 1.29 is 24.2 Å². The zero-order valence-electron chi connectivity index (χ0n) is 10.3. The van der Waals surface area contributed by atoms with E-state index in [4.69, 9.17) is 10.2 Å². The third kappa shape index (κ3) is 4.79. The zero-order valence-corrected chi connectivity index (χ0v) is 10.3. The highest BCUT2D eigenvalue weighted by Crippen LogP contribution is 2.04. The number of carbonyl (C=O) groups is 2. The van der Waals surface area contributed by atoms with Crippen LogP contribution in [0.1, 0.15) is 5.56 Å². The predicted octanol–water partition coefficient (Wildman–Crippen LogP) is 1.35. The molecule has 19 heavy (non-hydrogen) atoms. The number of hydrogen-bond acceptors (Lipinski definition) is 3. The SMILES string of the molecule is CN(CCc1ccc(F)cc1)C(=O)C=C(O)C(=O)O. The lowest BCUT2D eigenvalue weighted by atomic mass is 10.1. The molecule has 2 N–H and O–H groups in total. The normalized spacial score (nSPS) is 11.2. The summed E-state index contributed by atoms with van der Waals surface area (Å²) in [5, 5.41) is 17.4. The average Bonchev–Trinajstić information content (AvgIpc) is 2.37. The van der Waals surface area contributed by atoms with Crippen molar-refractivity contribution in [1.29, 1.82) is 0 Å². The Morgan fingerprint density at radius 2 is 1.84 bits per heavy atom. The minimum Gasteiger partial charge on any atom is -0.502 e. The molecule has 0 unspecified atom stereocenters. The van der Waals surface area contributed by atoms with Crippen LogP contribution in [0.5, 0.6) is 0 Å². The molecule has 0 saturated heterocycles. The van der Waals surface area contributed by atoms with Gasteiger partial charge in [-0.2, -0.15) is 0 Å². The van der Waals surface area contributed by atoms with Crippen LogP contribution in [0.2, 0.25) is 0 Å². The highest BCUT2D eigenvalue weighted by molar-refractivity contribution is 5.95. The van der Waals surface area contributed by atoms with Gasteiger partial charge in [0.25, 0.3) is 0 Å². The number of halogens is 1. The van der Waals surface area contributed by atoms with Gasteiger partial charge in [0.05, 0.1) is 6.08 Å². The second kappa shape index (κ2) is 6.53. The summed E-state index contributed by atoms with van der Waals surface area (Å²) < 4.78 is 12.7. The van der Waals surface area contributed by atoms with Gasteiger partial charge in [-0.1, -0.05) is 12.1 Å². The molecule has 5 nitrogen and oxygen atoms in total. The molecule has 6 heteroatoms. The van der Waals surface area contributed by atoms with Crippen molar-refractivity contribution in [3.63, 3.8) is 0 Å². The van der Waals surface area contributed by atoms with Gasteiger partial charge in [-0.25, -0.2) is 9.18 Å². The largest absolute Gasteiger partial charge is 0.502 e. The molecule has 0 aliphatic heterocycles. The van der Waals surface area contributed by atoms with Gasteiger partial charge < -0.3 is 15.1 Å². The molecule has 0 heterocycles. The molecule has 0 bridgehead atoms. The summed E-state index contributed by atoms with van der Waals surface area (Å²) in [6, 6.07) is 5.87. The maximum atomic E-state index is 12.7. The van der Waals surface area contributed by atoms with Crippen LogP contribution < -0.4 is 0 Å². The Bertz CT molecular complexity index is 496. The maximum Gasteiger partial charge on any atom is 0.371 e. The summed E-state index contributed by atoms with van der Waals surface area (Å²) in [7, 11) is 1.48. The van der Waals surface area contributed by atoms with Gasteiger partial charge in [0.2, 0.25) is 11.7 Å². The Labute approximate surface area is 109 Å². The lowest BCUT2D eigenvalue weighted by Gasteiger charge is -2.15. The Morgan fingerprint density at radius 1 is 1.26 bits per heavy atom. The number of carboxylic acid groups (broad SMARTS) is 1. The van der Waals surface area contributed by atoms with Crippen LogP contribution >= 0.6 is 0 Å². The van der Waals surface area contributed by atoms with E-state index in [1.807, 2.05) is 0 Å². The monoisotopic (exact) mass is 267 g/mol. The van der Waals surface area contributed by atoms with Gasteiger partial charge in [0.15, 0.2) is 0 Å². The van der Waals surface area contributed by atoms with Crippen LogP contribution in [0.15, 0.2) is 36.1 Å². The number of nitrogens with zero attached hydrogens (tertiary/aromatic N) is 1. The second-order valence-electron chi connectivity index (χ2n) is 3.97. The van der Waals surface area contributed by atoms with Crippen LogP contribution in [-0.4, -0.2) is 40.6 Å². The molecule has 1 aromatic carbocycles. The van der Waals surface area contributed by atoms with Crippen molar-refractivity contribution in [1.82, 2.24) is 4.90 Å². The molecule has 1 aromatic rings. The third-order valence-electron chi connectivity index (χ3n) is 2.50. The van der Waals surface area contributed by atoms with E-state index in [0.717, 1.165) is 5.56 Å². The lowest BCUT2D eigenvalue weighted by Crippen LogP contribution is -2.27. The van der Waals surface area contributed by atoms with Crippen molar-refractivity contribution in [3.8, 4) is 0 Å². The Kier molecular flexibility index (Phi) is 5.05. The van der Waals surface area contributed by atoms with E-state index >= 15 is 0 Å². The van der Waals surface area contributed by atoms with Gasteiger partial charge in [-0.15, -0.1) is 0 Å². The summed E-state index contributed by atoms with van der Waals surface area (Å²) >= 11 is 0. The molecule has 0 atom stereocenters. The molecule has 0 aromatic heterocycles. The van der Waals surface area contributed by atoms with Gasteiger partial charge in [0.1, 0.15) is 5.82 Å². The van der Waals surface area contributed by atoms with Gasteiger partial charge in [-0.3, -0.25) is 4.79 Å².